The predicted molar refractivity (Wildman–Crippen MR) is 88.8 cm³/mol. The molecule has 2 heterocycles. The van der Waals surface area contributed by atoms with E-state index in [1.54, 1.807) is 4.90 Å². The van der Waals surface area contributed by atoms with E-state index in [4.69, 9.17) is 0 Å². The zero-order valence-electron chi connectivity index (χ0n) is 13.4. The van der Waals surface area contributed by atoms with Gasteiger partial charge >= 0.3 is 6.18 Å². The summed E-state index contributed by atoms with van der Waals surface area (Å²) in [6, 6.07) is 4.57. The van der Waals surface area contributed by atoms with Gasteiger partial charge in [-0.25, -0.2) is 4.39 Å². The van der Waals surface area contributed by atoms with Crippen LogP contribution in [0.15, 0.2) is 24.3 Å². The van der Waals surface area contributed by atoms with Crippen molar-refractivity contribution in [1.29, 1.82) is 0 Å². The molecule has 25 heavy (non-hydrogen) atoms. The van der Waals surface area contributed by atoms with E-state index in [1.807, 2.05) is 4.90 Å². The Bertz CT molecular complexity index is 588. The second-order valence-electron chi connectivity index (χ2n) is 6.15. The molecule has 2 saturated heterocycles. The number of carbonyl (C=O) groups excluding carboxylic acids is 1. The lowest BCUT2D eigenvalue weighted by atomic mass is 10.1. The summed E-state index contributed by atoms with van der Waals surface area (Å²) < 4.78 is 50.9. The zero-order chi connectivity index (χ0) is 17.3. The van der Waals surface area contributed by atoms with Crippen molar-refractivity contribution in [3.8, 4) is 0 Å². The first kappa shape index (κ1) is 19.8. The molecule has 0 spiro atoms. The van der Waals surface area contributed by atoms with Crippen LogP contribution in [-0.4, -0.2) is 55.7 Å². The van der Waals surface area contributed by atoms with Gasteiger partial charge in [0.25, 0.3) is 0 Å². The molecule has 0 radical (unpaired) electrons. The number of anilines is 1. The molecule has 0 aromatic heterocycles. The largest absolute Gasteiger partial charge is 0.416 e. The molecule has 1 amide bonds. The fourth-order valence-corrected chi connectivity index (χ4v) is 3.15. The number of alkyl halides is 4. The lowest BCUT2D eigenvalue weighted by molar-refractivity contribution is -0.137. The van der Waals surface area contributed by atoms with E-state index in [0.717, 1.165) is 12.1 Å². The Hall–Kier alpha value is -1.54. The summed E-state index contributed by atoms with van der Waals surface area (Å²) in [6.45, 7) is 2.26. The zero-order valence-corrected chi connectivity index (χ0v) is 14.2. The van der Waals surface area contributed by atoms with Crippen molar-refractivity contribution in [3.63, 3.8) is 0 Å². The van der Waals surface area contributed by atoms with Gasteiger partial charge in [-0.1, -0.05) is 0 Å². The highest BCUT2D eigenvalue weighted by atomic mass is 35.5. The lowest BCUT2D eigenvalue weighted by Crippen LogP contribution is -2.53. The third-order valence-corrected chi connectivity index (χ3v) is 4.53. The number of piperazine rings is 1. The van der Waals surface area contributed by atoms with Gasteiger partial charge in [0.1, 0.15) is 6.17 Å². The third kappa shape index (κ3) is 4.55. The van der Waals surface area contributed by atoms with Gasteiger partial charge in [0, 0.05) is 44.8 Å². The number of carbonyl (C=O) groups is 1. The van der Waals surface area contributed by atoms with Crippen LogP contribution in [0.2, 0.25) is 0 Å². The van der Waals surface area contributed by atoms with Gasteiger partial charge < -0.3 is 15.1 Å². The molecule has 0 unspecified atom stereocenters. The Morgan fingerprint density at radius 3 is 2.16 bits per heavy atom. The normalized spacial score (nSPS) is 24.2. The Labute approximate surface area is 149 Å². The van der Waals surface area contributed by atoms with E-state index >= 15 is 0 Å². The molecule has 0 bridgehead atoms. The number of rotatable bonds is 2. The van der Waals surface area contributed by atoms with Crippen molar-refractivity contribution in [2.24, 2.45) is 0 Å². The van der Waals surface area contributed by atoms with Crippen LogP contribution in [0.3, 0.4) is 0 Å². The van der Waals surface area contributed by atoms with Crippen LogP contribution in [0.5, 0.6) is 0 Å². The highest BCUT2D eigenvalue weighted by Crippen LogP contribution is 2.30. The minimum atomic E-state index is -4.34. The van der Waals surface area contributed by atoms with Crippen molar-refractivity contribution >= 4 is 24.0 Å². The van der Waals surface area contributed by atoms with E-state index in [9.17, 15) is 22.4 Å². The summed E-state index contributed by atoms with van der Waals surface area (Å²) in [6.07, 6.45) is -5.11. The number of benzene rings is 1. The van der Waals surface area contributed by atoms with Crippen LogP contribution >= 0.6 is 12.4 Å². The molecule has 2 atom stereocenters. The summed E-state index contributed by atoms with van der Waals surface area (Å²) in [5.74, 6) is -0.0952. The maximum Gasteiger partial charge on any atom is 0.416 e. The number of nitrogens with one attached hydrogen (secondary N) is 1. The summed E-state index contributed by atoms with van der Waals surface area (Å²) in [5, 5.41) is 2.88. The summed E-state index contributed by atoms with van der Waals surface area (Å²) >= 11 is 0. The highest BCUT2D eigenvalue weighted by molar-refractivity contribution is 5.85. The second-order valence-corrected chi connectivity index (χ2v) is 6.15. The number of amides is 1. The topological polar surface area (TPSA) is 35.6 Å². The van der Waals surface area contributed by atoms with Gasteiger partial charge in [-0.15, -0.1) is 12.4 Å². The fraction of sp³-hybridized carbons (Fsp3) is 0.562. The Morgan fingerprint density at radius 1 is 1.08 bits per heavy atom. The third-order valence-electron chi connectivity index (χ3n) is 4.53. The van der Waals surface area contributed by atoms with Crippen LogP contribution < -0.4 is 10.2 Å². The molecule has 0 aliphatic carbocycles. The van der Waals surface area contributed by atoms with Crippen LogP contribution in [-0.2, 0) is 11.0 Å². The van der Waals surface area contributed by atoms with E-state index < -0.39 is 24.0 Å². The standard InChI is InChI=1S/C16H19F4N3O.ClH/c17-12-9-14(21-10-12)15(24)23-7-5-22(6-8-23)13-3-1-11(2-4-13)16(18,19)20;/h1-4,12,14,21H,5-10H2;1H/t12-,14+;/m0./s1. The predicted octanol–water partition coefficient (Wildman–Crippen LogP) is 2.48. The Morgan fingerprint density at radius 2 is 1.68 bits per heavy atom. The summed E-state index contributed by atoms with van der Waals surface area (Å²) in [4.78, 5) is 15.9. The van der Waals surface area contributed by atoms with Crippen LogP contribution in [0.4, 0.5) is 23.2 Å². The number of hydrogen-bond donors (Lipinski definition) is 1. The average molecular weight is 382 g/mol. The molecule has 140 valence electrons. The van der Waals surface area contributed by atoms with Gasteiger partial charge in [0.15, 0.2) is 0 Å². The molecule has 1 aromatic rings. The lowest BCUT2D eigenvalue weighted by Gasteiger charge is -2.37. The van der Waals surface area contributed by atoms with E-state index in [2.05, 4.69) is 5.32 Å². The quantitative estimate of drug-likeness (QED) is 0.799. The second kappa shape index (κ2) is 7.78. The monoisotopic (exact) mass is 381 g/mol. The van der Waals surface area contributed by atoms with Gasteiger partial charge in [-0.2, -0.15) is 13.2 Å². The molecule has 0 saturated carbocycles. The van der Waals surface area contributed by atoms with Crippen molar-refractivity contribution < 1.29 is 22.4 Å². The van der Waals surface area contributed by atoms with Crippen LogP contribution in [0, 0.1) is 0 Å². The van der Waals surface area contributed by atoms with Gasteiger partial charge in [0.2, 0.25) is 5.91 Å². The van der Waals surface area contributed by atoms with Crippen molar-refractivity contribution in [2.75, 3.05) is 37.6 Å². The van der Waals surface area contributed by atoms with Crippen molar-refractivity contribution in [1.82, 2.24) is 10.2 Å². The van der Waals surface area contributed by atoms with Crippen molar-refractivity contribution in [3.05, 3.63) is 29.8 Å². The Kier molecular flexibility index (Phi) is 6.16. The summed E-state index contributed by atoms with van der Waals surface area (Å²) in [7, 11) is 0. The van der Waals surface area contributed by atoms with Gasteiger partial charge in [-0.3, -0.25) is 4.79 Å². The van der Waals surface area contributed by atoms with Crippen LogP contribution in [0.1, 0.15) is 12.0 Å². The first-order valence-corrected chi connectivity index (χ1v) is 7.93. The highest BCUT2D eigenvalue weighted by Gasteiger charge is 2.34. The number of hydrogen-bond acceptors (Lipinski definition) is 3. The molecular formula is C16H20ClF4N3O. The van der Waals surface area contributed by atoms with E-state index in [-0.39, 0.29) is 31.3 Å². The first-order valence-electron chi connectivity index (χ1n) is 7.93. The maximum absolute atomic E-state index is 13.2. The summed E-state index contributed by atoms with van der Waals surface area (Å²) in [5.41, 5.74) is 0.0334. The van der Waals surface area contributed by atoms with E-state index in [0.29, 0.717) is 31.9 Å². The molecule has 1 N–H and O–H groups in total. The molecule has 2 fully saturated rings. The molecule has 2 aliphatic heterocycles. The minimum absolute atomic E-state index is 0. The molecule has 9 heteroatoms. The van der Waals surface area contributed by atoms with Gasteiger partial charge in [0.05, 0.1) is 11.6 Å². The molecule has 3 rings (SSSR count). The average Bonchev–Trinajstić information content (AvgIpc) is 3.00. The van der Waals surface area contributed by atoms with E-state index in [1.165, 1.54) is 12.1 Å². The molecule has 2 aliphatic rings. The molecule has 1 aromatic carbocycles. The Balaban J connectivity index is 0.00000225. The smallest absolute Gasteiger partial charge is 0.368 e. The minimum Gasteiger partial charge on any atom is -0.368 e. The fourth-order valence-electron chi connectivity index (χ4n) is 3.15. The number of nitrogens with zero attached hydrogens (tertiary/aromatic N) is 2. The SMILES string of the molecule is Cl.O=C([C@H]1C[C@H](F)CN1)N1CCN(c2ccc(C(F)(F)F)cc2)CC1. The maximum atomic E-state index is 13.2. The number of halogens is 5. The molecular weight excluding hydrogens is 362 g/mol. The van der Waals surface area contributed by atoms with Crippen molar-refractivity contribution in [2.45, 2.75) is 24.8 Å². The van der Waals surface area contributed by atoms with Crippen LogP contribution in [0.25, 0.3) is 0 Å². The molecule has 4 nitrogen and oxygen atoms in total. The first-order chi connectivity index (χ1) is 11.3. The van der Waals surface area contributed by atoms with Gasteiger partial charge in [-0.05, 0) is 24.3 Å².